The van der Waals surface area contributed by atoms with Crippen molar-refractivity contribution in [1.82, 2.24) is 0 Å². The van der Waals surface area contributed by atoms with Crippen molar-refractivity contribution in [3.63, 3.8) is 0 Å². The Morgan fingerprint density at radius 1 is 1.19 bits per heavy atom. The maximum absolute atomic E-state index is 12.2. The molecule has 0 radical (unpaired) electrons. The van der Waals surface area contributed by atoms with Crippen LogP contribution in [0.25, 0.3) is 17.0 Å². The number of ketones is 1. The molecule has 0 aliphatic heterocycles. The van der Waals surface area contributed by atoms with Crippen LogP contribution in [-0.2, 0) is 0 Å². The first-order valence-electron chi connectivity index (χ1n) is 6.42. The number of phenolic OH excluding ortho intramolecular Hbond substituents is 1. The average molecular weight is 288 g/mol. The highest BCUT2D eigenvalue weighted by atomic mass is 16.4. The molecule has 21 heavy (non-hydrogen) atoms. The van der Waals surface area contributed by atoms with E-state index in [9.17, 15) is 19.8 Å². The SMILES string of the molecule is CC(=O)c1cc2c(=O)c(O)c(C=C(C)C)oc2c(C)c1O. The summed E-state index contributed by atoms with van der Waals surface area (Å²) in [5.41, 5.74) is 0.692. The lowest BCUT2D eigenvalue weighted by atomic mass is 10.0. The van der Waals surface area contributed by atoms with Gasteiger partial charge in [0.2, 0.25) is 11.2 Å². The fourth-order valence-corrected chi connectivity index (χ4v) is 2.12. The normalized spacial score (nSPS) is 10.7. The second-order valence-corrected chi connectivity index (χ2v) is 5.20. The summed E-state index contributed by atoms with van der Waals surface area (Å²) in [6, 6.07) is 1.25. The number of Topliss-reactive ketones (excluding diaryl/α,β-unsaturated/α-hetero) is 1. The monoisotopic (exact) mass is 288 g/mol. The van der Waals surface area contributed by atoms with Gasteiger partial charge < -0.3 is 14.6 Å². The van der Waals surface area contributed by atoms with E-state index in [4.69, 9.17) is 4.42 Å². The number of phenols is 1. The first-order chi connectivity index (χ1) is 9.73. The minimum absolute atomic E-state index is 0.0293. The third-order valence-corrected chi connectivity index (χ3v) is 3.19. The van der Waals surface area contributed by atoms with Crippen LogP contribution in [0.15, 0.2) is 20.9 Å². The molecule has 0 aliphatic rings. The number of hydrogen-bond donors (Lipinski definition) is 2. The quantitative estimate of drug-likeness (QED) is 0.829. The Morgan fingerprint density at radius 3 is 2.33 bits per heavy atom. The molecule has 5 nitrogen and oxygen atoms in total. The molecule has 0 fully saturated rings. The predicted octanol–water partition coefficient (Wildman–Crippen LogP) is 3.14. The molecule has 0 bridgehead atoms. The summed E-state index contributed by atoms with van der Waals surface area (Å²) < 4.78 is 5.53. The van der Waals surface area contributed by atoms with E-state index in [-0.39, 0.29) is 33.8 Å². The minimum Gasteiger partial charge on any atom is -0.507 e. The maximum atomic E-state index is 12.2. The molecule has 1 heterocycles. The van der Waals surface area contributed by atoms with Crippen molar-refractivity contribution in [2.75, 3.05) is 0 Å². The third-order valence-electron chi connectivity index (χ3n) is 3.19. The van der Waals surface area contributed by atoms with Crippen molar-refractivity contribution < 1.29 is 19.4 Å². The van der Waals surface area contributed by atoms with Crippen molar-refractivity contribution in [1.29, 1.82) is 0 Å². The highest BCUT2D eigenvalue weighted by Gasteiger charge is 2.19. The van der Waals surface area contributed by atoms with E-state index in [1.807, 2.05) is 0 Å². The number of aryl methyl sites for hydroxylation is 1. The first-order valence-corrected chi connectivity index (χ1v) is 6.42. The van der Waals surface area contributed by atoms with Crippen LogP contribution in [0.1, 0.15) is 42.5 Å². The Balaban J connectivity index is 2.98. The van der Waals surface area contributed by atoms with E-state index in [0.29, 0.717) is 5.56 Å². The molecule has 0 saturated heterocycles. The van der Waals surface area contributed by atoms with Crippen LogP contribution in [0.2, 0.25) is 0 Å². The fourth-order valence-electron chi connectivity index (χ4n) is 2.12. The number of allylic oxidation sites excluding steroid dienone is 1. The average Bonchev–Trinajstić information content (AvgIpc) is 2.39. The van der Waals surface area contributed by atoms with Crippen LogP contribution in [0.3, 0.4) is 0 Å². The Kier molecular flexibility index (Phi) is 3.60. The van der Waals surface area contributed by atoms with E-state index in [1.54, 1.807) is 20.8 Å². The molecule has 2 aromatic rings. The molecule has 2 N–H and O–H groups in total. The number of benzene rings is 1. The molecule has 0 unspecified atom stereocenters. The summed E-state index contributed by atoms with van der Waals surface area (Å²) in [6.45, 7) is 6.44. The van der Waals surface area contributed by atoms with E-state index in [1.165, 1.54) is 19.1 Å². The third kappa shape index (κ3) is 2.42. The second kappa shape index (κ2) is 5.09. The first kappa shape index (κ1) is 14.8. The van der Waals surface area contributed by atoms with Crippen LogP contribution in [0.5, 0.6) is 11.5 Å². The summed E-state index contributed by atoms with van der Waals surface area (Å²) in [5.74, 6) is -1.06. The predicted molar refractivity (Wildman–Crippen MR) is 79.9 cm³/mol. The van der Waals surface area contributed by atoms with Crippen LogP contribution < -0.4 is 5.43 Å². The summed E-state index contributed by atoms with van der Waals surface area (Å²) in [4.78, 5) is 23.7. The molecular weight excluding hydrogens is 272 g/mol. The van der Waals surface area contributed by atoms with E-state index < -0.39 is 11.2 Å². The topological polar surface area (TPSA) is 87.7 Å². The van der Waals surface area contributed by atoms with E-state index in [0.717, 1.165) is 5.57 Å². The molecule has 5 heteroatoms. The Hall–Kier alpha value is -2.56. The molecular formula is C16H16O5. The lowest BCUT2D eigenvalue weighted by Crippen LogP contribution is -2.06. The highest BCUT2D eigenvalue weighted by molar-refractivity contribution is 6.02. The Labute approximate surface area is 121 Å². The van der Waals surface area contributed by atoms with Gasteiger partial charge in [-0.15, -0.1) is 0 Å². The van der Waals surface area contributed by atoms with Crippen molar-refractivity contribution >= 4 is 22.8 Å². The van der Waals surface area contributed by atoms with Gasteiger partial charge in [0.1, 0.15) is 11.3 Å². The van der Waals surface area contributed by atoms with Crippen LogP contribution in [0.4, 0.5) is 0 Å². The van der Waals surface area contributed by atoms with Gasteiger partial charge in [-0.3, -0.25) is 9.59 Å². The molecule has 1 aromatic carbocycles. The Morgan fingerprint density at radius 2 is 1.81 bits per heavy atom. The van der Waals surface area contributed by atoms with Gasteiger partial charge in [-0.25, -0.2) is 0 Å². The zero-order chi connectivity index (χ0) is 15.9. The lowest BCUT2D eigenvalue weighted by Gasteiger charge is -2.09. The minimum atomic E-state index is -0.630. The van der Waals surface area contributed by atoms with Crippen molar-refractivity contribution in [2.24, 2.45) is 0 Å². The zero-order valence-corrected chi connectivity index (χ0v) is 12.3. The molecule has 0 saturated carbocycles. The smallest absolute Gasteiger partial charge is 0.235 e. The molecule has 2 rings (SSSR count). The molecule has 0 spiro atoms. The number of fused-ring (bicyclic) bond motifs is 1. The fraction of sp³-hybridized carbons (Fsp3) is 0.250. The Bertz CT molecular complexity index is 836. The van der Waals surface area contributed by atoms with Gasteiger partial charge in [0.05, 0.1) is 10.9 Å². The molecule has 110 valence electrons. The number of rotatable bonds is 2. The van der Waals surface area contributed by atoms with Crippen LogP contribution >= 0.6 is 0 Å². The van der Waals surface area contributed by atoms with Gasteiger partial charge >= 0.3 is 0 Å². The maximum Gasteiger partial charge on any atom is 0.235 e. The van der Waals surface area contributed by atoms with Gasteiger partial charge in [0.25, 0.3) is 0 Å². The number of carbonyl (C=O) groups excluding carboxylic acids is 1. The van der Waals surface area contributed by atoms with E-state index in [2.05, 4.69) is 0 Å². The summed E-state index contributed by atoms with van der Waals surface area (Å²) >= 11 is 0. The number of aromatic hydroxyl groups is 2. The number of carbonyl (C=O) groups is 1. The van der Waals surface area contributed by atoms with Crippen molar-refractivity contribution in [3.05, 3.63) is 38.7 Å². The summed E-state index contributed by atoms with van der Waals surface area (Å²) in [7, 11) is 0. The number of hydrogen-bond acceptors (Lipinski definition) is 5. The van der Waals surface area contributed by atoms with Crippen LogP contribution in [-0.4, -0.2) is 16.0 Å². The van der Waals surface area contributed by atoms with Crippen LogP contribution in [0, 0.1) is 6.92 Å². The summed E-state index contributed by atoms with van der Waals surface area (Å²) in [6.07, 6.45) is 1.53. The lowest BCUT2D eigenvalue weighted by molar-refractivity contribution is 0.101. The van der Waals surface area contributed by atoms with Gasteiger partial charge in [0, 0.05) is 5.56 Å². The van der Waals surface area contributed by atoms with Gasteiger partial charge in [-0.05, 0) is 39.8 Å². The standard InChI is InChI=1S/C16H16O5/c1-7(2)5-12-15(20)14(19)11-6-10(9(4)17)13(18)8(3)16(11)21-12/h5-6,18,20H,1-4H3. The van der Waals surface area contributed by atoms with E-state index >= 15 is 0 Å². The molecule has 0 atom stereocenters. The molecule has 0 amide bonds. The summed E-state index contributed by atoms with van der Waals surface area (Å²) in [5, 5.41) is 20.0. The largest absolute Gasteiger partial charge is 0.507 e. The van der Waals surface area contributed by atoms with Crippen molar-refractivity contribution in [3.8, 4) is 11.5 Å². The second-order valence-electron chi connectivity index (χ2n) is 5.20. The highest BCUT2D eigenvalue weighted by Crippen LogP contribution is 2.32. The van der Waals surface area contributed by atoms with Crippen molar-refractivity contribution in [2.45, 2.75) is 27.7 Å². The van der Waals surface area contributed by atoms with Gasteiger partial charge in [-0.1, -0.05) is 5.57 Å². The van der Waals surface area contributed by atoms with Gasteiger partial charge in [0.15, 0.2) is 11.5 Å². The zero-order valence-electron chi connectivity index (χ0n) is 12.3. The van der Waals surface area contributed by atoms with Gasteiger partial charge in [-0.2, -0.15) is 0 Å². The molecule has 0 aliphatic carbocycles. The molecule has 1 aromatic heterocycles.